The van der Waals surface area contributed by atoms with Crippen LogP contribution < -0.4 is 0 Å². The number of esters is 4. The van der Waals surface area contributed by atoms with Gasteiger partial charge in [0.15, 0.2) is 18.7 Å². The molecule has 18 nitrogen and oxygen atoms in total. The highest BCUT2D eigenvalue weighted by molar-refractivity contribution is 5.72. The Balaban J connectivity index is 1.70. The van der Waals surface area contributed by atoms with Crippen molar-refractivity contribution >= 4 is 30.2 Å². The van der Waals surface area contributed by atoms with Gasteiger partial charge in [-0.2, -0.15) is 0 Å². The fraction of sp³-hybridized carbons (Fsp3) is 0.837. The van der Waals surface area contributed by atoms with Crippen molar-refractivity contribution in [2.75, 3.05) is 21.2 Å². The van der Waals surface area contributed by atoms with Gasteiger partial charge in [-0.05, 0) is 66.1 Å². The van der Waals surface area contributed by atoms with E-state index in [9.17, 15) is 34.2 Å². The molecule has 18 unspecified atom stereocenters. The van der Waals surface area contributed by atoms with Gasteiger partial charge >= 0.3 is 23.9 Å². The second-order valence-corrected chi connectivity index (χ2v) is 17.2. The van der Waals surface area contributed by atoms with E-state index in [-0.39, 0.29) is 44.3 Å². The second-order valence-electron chi connectivity index (χ2n) is 17.2. The zero-order valence-electron chi connectivity index (χ0n) is 37.5. The van der Waals surface area contributed by atoms with E-state index in [4.69, 9.17) is 47.4 Å². The number of hydrogen-bond donors (Lipinski definition) is 2. The Hall–Kier alpha value is -3.07. The van der Waals surface area contributed by atoms with Crippen molar-refractivity contribution in [3.8, 4) is 0 Å². The maximum Gasteiger partial charge on any atom is 0.309 e. The summed E-state index contributed by atoms with van der Waals surface area (Å²) in [5, 5.41) is 23.5. The number of rotatable bonds is 13. The molecule has 0 saturated carbocycles. The molecule has 0 aromatic carbocycles. The minimum absolute atomic E-state index is 0.0572. The number of aliphatic hydroxyl groups is 2. The molecule has 0 bridgehead atoms. The molecule has 0 aromatic heterocycles. The largest absolute Gasteiger partial charge is 0.462 e. The van der Waals surface area contributed by atoms with E-state index in [0.717, 1.165) is 0 Å². The van der Waals surface area contributed by atoms with Gasteiger partial charge in [-0.1, -0.05) is 26.8 Å². The monoisotopic (exact) mass is 871 g/mol. The third kappa shape index (κ3) is 13.7. The van der Waals surface area contributed by atoms with Crippen LogP contribution in [-0.4, -0.2) is 164 Å². The number of likely N-dealkylation sites (N-methyl/N-ethyl adjacent to an activating group) is 1. The Labute approximate surface area is 359 Å². The van der Waals surface area contributed by atoms with Crippen LogP contribution in [0, 0.1) is 11.8 Å². The summed E-state index contributed by atoms with van der Waals surface area (Å²) in [6.07, 6.45) is -8.05. The molecule has 61 heavy (non-hydrogen) atoms. The van der Waals surface area contributed by atoms with Crippen molar-refractivity contribution in [1.82, 2.24) is 4.90 Å². The number of aldehydes is 1. The zero-order chi connectivity index (χ0) is 45.3. The first-order valence-electron chi connectivity index (χ1n) is 21.5. The SMILES string of the molecule is CCC(=O)OC1/C=C/C2OC2CC(C)OC(=O)CC(OC(C)=O)C(OC)C(OC2OC(C)C(OC3CC(C)(O)C(OC(=O)CC)C(C)O3)C(N(C)C)C2O)C(CC=O)CC1C. The van der Waals surface area contributed by atoms with Crippen LogP contribution in [0.15, 0.2) is 12.2 Å². The summed E-state index contributed by atoms with van der Waals surface area (Å²) in [5.74, 6) is -3.45. The Kier molecular flexibility index (Phi) is 18.7. The lowest BCUT2D eigenvalue weighted by atomic mass is 9.82. The average Bonchev–Trinajstić information content (AvgIpc) is 3.91. The number of aliphatic hydroxyl groups excluding tert-OH is 1. The lowest BCUT2D eigenvalue weighted by Crippen LogP contribution is -2.66. The van der Waals surface area contributed by atoms with Gasteiger partial charge in [0.05, 0.1) is 36.9 Å². The minimum Gasteiger partial charge on any atom is -0.462 e. The number of carbonyl (C=O) groups is 5. The lowest BCUT2D eigenvalue weighted by molar-refractivity contribution is -0.344. The topological polar surface area (TPSA) is 225 Å². The van der Waals surface area contributed by atoms with Crippen molar-refractivity contribution in [3.63, 3.8) is 0 Å². The predicted octanol–water partition coefficient (Wildman–Crippen LogP) is 2.55. The molecule has 0 aromatic rings. The summed E-state index contributed by atoms with van der Waals surface area (Å²) in [6, 6.07) is -0.805. The summed E-state index contributed by atoms with van der Waals surface area (Å²) in [4.78, 5) is 65.1. The highest BCUT2D eigenvalue weighted by Crippen LogP contribution is 2.38. The molecule has 3 saturated heterocycles. The predicted molar refractivity (Wildman–Crippen MR) is 214 cm³/mol. The van der Waals surface area contributed by atoms with Gasteiger partial charge in [-0.3, -0.25) is 19.2 Å². The summed E-state index contributed by atoms with van der Waals surface area (Å²) >= 11 is 0. The molecule has 4 heterocycles. The fourth-order valence-electron chi connectivity index (χ4n) is 8.70. The molecular weight excluding hydrogens is 802 g/mol. The first-order chi connectivity index (χ1) is 28.7. The Morgan fingerprint density at radius 2 is 1.59 bits per heavy atom. The number of hydrogen-bond acceptors (Lipinski definition) is 18. The first-order valence-corrected chi connectivity index (χ1v) is 21.5. The average molecular weight is 872 g/mol. The molecule has 4 rings (SSSR count). The number of ether oxygens (including phenoxy) is 10. The van der Waals surface area contributed by atoms with Gasteiger partial charge in [0.1, 0.15) is 54.6 Å². The normalized spacial score (nSPS) is 41.7. The van der Waals surface area contributed by atoms with Gasteiger partial charge in [-0.15, -0.1) is 0 Å². The molecule has 0 aliphatic carbocycles. The maximum absolute atomic E-state index is 13.4. The number of cyclic esters (lactones) is 1. The second kappa shape index (κ2) is 22.5. The molecule has 0 amide bonds. The van der Waals surface area contributed by atoms with Crippen molar-refractivity contribution in [2.45, 2.75) is 198 Å². The quantitative estimate of drug-likeness (QED) is 0.0892. The Morgan fingerprint density at radius 1 is 0.918 bits per heavy atom. The molecule has 348 valence electrons. The molecule has 4 aliphatic heterocycles. The fourth-order valence-corrected chi connectivity index (χ4v) is 8.70. The van der Waals surface area contributed by atoms with E-state index in [1.165, 1.54) is 14.0 Å². The number of carbonyl (C=O) groups excluding carboxylic acids is 5. The molecule has 18 heteroatoms. The van der Waals surface area contributed by atoms with Crippen LogP contribution in [0.1, 0.15) is 100 Å². The maximum atomic E-state index is 13.4. The van der Waals surface area contributed by atoms with Crippen molar-refractivity contribution in [3.05, 3.63) is 12.2 Å². The Bertz CT molecular complexity index is 1510. The minimum atomic E-state index is -1.51. The van der Waals surface area contributed by atoms with Crippen LogP contribution in [0.3, 0.4) is 0 Å². The van der Waals surface area contributed by atoms with E-state index in [1.807, 2.05) is 13.0 Å². The van der Waals surface area contributed by atoms with Crippen molar-refractivity contribution < 1.29 is 81.6 Å². The van der Waals surface area contributed by atoms with Crippen molar-refractivity contribution in [2.24, 2.45) is 11.8 Å². The van der Waals surface area contributed by atoms with Gasteiger partial charge in [0, 0.05) is 46.1 Å². The van der Waals surface area contributed by atoms with E-state index < -0.39 is 127 Å². The highest BCUT2D eigenvalue weighted by atomic mass is 16.7. The Morgan fingerprint density at radius 3 is 2.18 bits per heavy atom. The van der Waals surface area contributed by atoms with Gasteiger partial charge in [0.2, 0.25) is 0 Å². The van der Waals surface area contributed by atoms with Crippen LogP contribution in [0.25, 0.3) is 0 Å². The first kappa shape index (κ1) is 50.6. The van der Waals surface area contributed by atoms with Crippen molar-refractivity contribution in [1.29, 1.82) is 0 Å². The molecule has 0 spiro atoms. The summed E-state index contributed by atoms with van der Waals surface area (Å²) in [5.41, 5.74) is -1.51. The van der Waals surface area contributed by atoms with Crippen LogP contribution in [0.5, 0.6) is 0 Å². The van der Waals surface area contributed by atoms with Gasteiger partial charge in [0.25, 0.3) is 0 Å². The molecule has 4 aliphatic rings. The van der Waals surface area contributed by atoms with E-state index in [2.05, 4.69) is 0 Å². The molecule has 0 radical (unpaired) electrons. The third-order valence-electron chi connectivity index (χ3n) is 11.8. The van der Waals surface area contributed by atoms with E-state index >= 15 is 0 Å². The van der Waals surface area contributed by atoms with Gasteiger partial charge < -0.3 is 67.3 Å². The van der Waals surface area contributed by atoms with Crippen LogP contribution in [0.2, 0.25) is 0 Å². The molecule has 18 atom stereocenters. The number of nitrogens with zero attached hydrogens (tertiary/aromatic N) is 1. The smallest absolute Gasteiger partial charge is 0.309 e. The summed E-state index contributed by atoms with van der Waals surface area (Å²) in [6.45, 7) is 13.1. The summed E-state index contributed by atoms with van der Waals surface area (Å²) in [7, 11) is 4.83. The van der Waals surface area contributed by atoms with Gasteiger partial charge in [-0.25, -0.2) is 0 Å². The molecule has 2 N–H and O–H groups in total. The highest BCUT2D eigenvalue weighted by Gasteiger charge is 2.53. The standard InChI is InChI=1S/C43H69NO17/c1-12-32(47)58-28-14-15-29-30(57-29)19-23(4)53-34(49)20-31(56-26(7)46)40(52-11)39(27(16-17-45)18-22(28)3)61-42-37(50)36(44(9)10)38(24(5)55-42)60-35-21-43(8,51)41(25(6)54-35)59-33(48)13-2/h14-15,17,22-25,27-31,35-42,50-51H,12-13,16,18-21H2,1-11H3/b15-14+. The number of epoxide rings is 1. The van der Waals surface area contributed by atoms with Crippen LogP contribution >= 0.6 is 0 Å². The lowest BCUT2D eigenvalue weighted by Gasteiger charge is -2.50. The number of methoxy groups -OCH3 is 1. The summed E-state index contributed by atoms with van der Waals surface area (Å²) < 4.78 is 60.4. The zero-order valence-corrected chi connectivity index (χ0v) is 37.5. The van der Waals surface area contributed by atoms with E-state index in [1.54, 1.807) is 66.6 Å². The van der Waals surface area contributed by atoms with Crippen LogP contribution in [0.4, 0.5) is 0 Å². The number of fused-ring (bicyclic) bond motifs is 1. The van der Waals surface area contributed by atoms with Crippen LogP contribution in [-0.2, 0) is 71.3 Å². The molecular formula is C43H69NO17. The third-order valence-corrected chi connectivity index (χ3v) is 11.8. The van der Waals surface area contributed by atoms with E-state index in [0.29, 0.717) is 12.7 Å². The molecule has 3 fully saturated rings.